The molecule has 70 valence electrons. The van der Waals surface area contributed by atoms with Crippen molar-refractivity contribution >= 4 is 11.6 Å². The van der Waals surface area contributed by atoms with Crippen molar-refractivity contribution in [1.82, 2.24) is 0 Å². The molecule has 2 heteroatoms. The average molecular weight is 177 g/mol. The van der Waals surface area contributed by atoms with Crippen LogP contribution in [0.2, 0.25) is 0 Å². The third-order valence-corrected chi connectivity index (χ3v) is 2.37. The first-order valence-corrected chi connectivity index (χ1v) is 4.36. The number of hydrogen-bond donors (Lipinski definition) is 1. The molecule has 0 aliphatic heterocycles. The Bertz CT molecular complexity index is 342. The van der Waals surface area contributed by atoms with Crippen molar-refractivity contribution in [3.8, 4) is 0 Å². The van der Waals surface area contributed by atoms with E-state index in [1.54, 1.807) is 0 Å². The second-order valence-corrected chi connectivity index (χ2v) is 3.36. The van der Waals surface area contributed by atoms with Crippen molar-refractivity contribution in [3.05, 3.63) is 28.8 Å². The molecule has 0 aliphatic rings. The van der Waals surface area contributed by atoms with Crippen LogP contribution in [0.5, 0.6) is 0 Å². The number of nitrogens with one attached hydrogen (secondary N) is 1. The molecule has 0 heterocycles. The second-order valence-electron chi connectivity index (χ2n) is 3.36. The summed E-state index contributed by atoms with van der Waals surface area (Å²) in [5, 5.41) is 2.80. The van der Waals surface area contributed by atoms with Crippen LogP contribution < -0.4 is 5.32 Å². The maximum Gasteiger partial charge on any atom is 0.221 e. The molecule has 0 saturated heterocycles. The highest BCUT2D eigenvalue weighted by Gasteiger charge is 2.03. The van der Waals surface area contributed by atoms with Gasteiger partial charge in [-0.25, -0.2) is 0 Å². The van der Waals surface area contributed by atoms with Gasteiger partial charge in [-0.05, 0) is 43.5 Å². The van der Waals surface area contributed by atoms with Crippen molar-refractivity contribution in [2.45, 2.75) is 27.7 Å². The summed E-state index contributed by atoms with van der Waals surface area (Å²) in [6.45, 7) is 7.68. The molecule has 0 aromatic heterocycles. The highest BCUT2D eigenvalue weighted by molar-refractivity contribution is 5.89. The molecule has 1 N–H and O–H groups in total. The van der Waals surface area contributed by atoms with Crippen LogP contribution in [0.1, 0.15) is 23.6 Å². The Morgan fingerprint density at radius 1 is 1.15 bits per heavy atom. The molecule has 0 bridgehead atoms. The zero-order valence-electron chi connectivity index (χ0n) is 8.56. The van der Waals surface area contributed by atoms with Crippen LogP contribution in [0.25, 0.3) is 0 Å². The maximum absolute atomic E-state index is 10.9. The van der Waals surface area contributed by atoms with E-state index in [0.717, 1.165) is 11.3 Å². The van der Waals surface area contributed by atoms with Gasteiger partial charge in [0, 0.05) is 12.6 Å². The molecule has 13 heavy (non-hydrogen) atoms. The molecule has 0 fully saturated rings. The van der Waals surface area contributed by atoms with Crippen LogP contribution in [0.3, 0.4) is 0 Å². The Hall–Kier alpha value is -1.31. The summed E-state index contributed by atoms with van der Waals surface area (Å²) in [7, 11) is 0. The van der Waals surface area contributed by atoms with Crippen LogP contribution in [0.4, 0.5) is 5.69 Å². The molecule has 0 spiro atoms. The third-order valence-electron chi connectivity index (χ3n) is 2.37. The van der Waals surface area contributed by atoms with Gasteiger partial charge in [0.2, 0.25) is 5.91 Å². The molecule has 0 aliphatic carbocycles. The number of amides is 1. The highest BCUT2D eigenvalue weighted by atomic mass is 16.1. The fourth-order valence-electron chi connectivity index (χ4n) is 1.28. The van der Waals surface area contributed by atoms with E-state index in [1.165, 1.54) is 18.1 Å². The number of rotatable bonds is 1. The zero-order chi connectivity index (χ0) is 10.0. The number of aryl methyl sites for hydroxylation is 1. The largest absolute Gasteiger partial charge is 0.326 e. The van der Waals surface area contributed by atoms with Gasteiger partial charge < -0.3 is 5.32 Å². The quantitative estimate of drug-likeness (QED) is 0.701. The van der Waals surface area contributed by atoms with E-state index in [0.29, 0.717) is 0 Å². The lowest BCUT2D eigenvalue weighted by Crippen LogP contribution is -2.07. The Kier molecular flexibility index (Phi) is 2.71. The van der Waals surface area contributed by atoms with E-state index in [4.69, 9.17) is 0 Å². The van der Waals surface area contributed by atoms with E-state index in [2.05, 4.69) is 19.2 Å². The van der Waals surface area contributed by atoms with Gasteiger partial charge in [-0.3, -0.25) is 4.79 Å². The van der Waals surface area contributed by atoms with Crippen molar-refractivity contribution < 1.29 is 4.79 Å². The predicted molar refractivity (Wildman–Crippen MR) is 55.0 cm³/mol. The Balaban J connectivity index is 3.10. The van der Waals surface area contributed by atoms with E-state index in [1.807, 2.05) is 19.1 Å². The molecule has 0 radical (unpaired) electrons. The minimum atomic E-state index is -0.0219. The summed E-state index contributed by atoms with van der Waals surface area (Å²) in [5.74, 6) is -0.0219. The molecule has 2 nitrogen and oxygen atoms in total. The van der Waals surface area contributed by atoms with E-state index < -0.39 is 0 Å². The van der Waals surface area contributed by atoms with Crippen LogP contribution in [0.15, 0.2) is 12.1 Å². The first kappa shape index (κ1) is 9.78. The molecular formula is C11H15NO. The normalized spacial score (nSPS) is 9.85. The lowest BCUT2D eigenvalue weighted by Gasteiger charge is -2.10. The Morgan fingerprint density at radius 2 is 1.77 bits per heavy atom. The van der Waals surface area contributed by atoms with E-state index >= 15 is 0 Å². The zero-order valence-corrected chi connectivity index (χ0v) is 8.56. The monoisotopic (exact) mass is 177 g/mol. The van der Waals surface area contributed by atoms with Crippen molar-refractivity contribution in [3.63, 3.8) is 0 Å². The summed E-state index contributed by atoms with van der Waals surface area (Å²) in [6.07, 6.45) is 0. The molecular weight excluding hydrogens is 162 g/mol. The van der Waals surface area contributed by atoms with Crippen molar-refractivity contribution in [2.24, 2.45) is 0 Å². The van der Waals surface area contributed by atoms with Gasteiger partial charge in [-0.15, -0.1) is 0 Å². The SMILES string of the molecule is CC(=O)Nc1ccc(C)c(C)c1C. The lowest BCUT2D eigenvalue weighted by molar-refractivity contribution is -0.114. The van der Waals surface area contributed by atoms with Crippen LogP contribution in [0, 0.1) is 20.8 Å². The van der Waals surface area contributed by atoms with Crippen LogP contribution >= 0.6 is 0 Å². The van der Waals surface area contributed by atoms with Crippen LogP contribution in [-0.4, -0.2) is 5.91 Å². The first-order valence-electron chi connectivity index (χ1n) is 4.36. The summed E-state index contributed by atoms with van der Waals surface area (Å²) in [4.78, 5) is 10.9. The maximum atomic E-state index is 10.9. The number of benzene rings is 1. The van der Waals surface area contributed by atoms with Gasteiger partial charge in [0.15, 0.2) is 0 Å². The average Bonchev–Trinajstić information content (AvgIpc) is 2.06. The summed E-state index contributed by atoms with van der Waals surface area (Å²) >= 11 is 0. The van der Waals surface area contributed by atoms with Gasteiger partial charge >= 0.3 is 0 Å². The highest BCUT2D eigenvalue weighted by Crippen LogP contribution is 2.21. The van der Waals surface area contributed by atoms with Crippen molar-refractivity contribution in [2.75, 3.05) is 5.32 Å². The molecule has 0 atom stereocenters. The summed E-state index contributed by atoms with van der Waals surface area (Å²) in [5.41, 5.74) is 4.56. The van der Waals surface area contributed by atoms with Crippen LogP contribution in [-0.2, 0) is 4.79 Å². The van der Waals surface area contributed by atoms with Gasteiger partial charge in [-0.1, -0.05) is 6.07 Å². The number of hydrogen-bond acceptors (Lipinski definition) is 1. The van der Waals surface area contributed by atoms with E-state index in [-0.39, 0.29) is 5.91 Å². The minimum absolute atomic E-state index is 0.0219. The summed E-state index contributed by atoms with van der Waals surface area (Å²) in [6, 6.07) is 3.96. The second kappa shape index (κ2) is 3.60. The fourth-order valence-corrected chi connectivity index (χ4v) is 1.28. The topological polar surface area (TPSA) is 29.1 Å². The third kappa shape index (κ3) is 2.08. The molecule has 1 aromatic rings. The Labute approximate surface area is 79.0 Å². The number of carbonyl (C=O) groups is 1. The number of carbonyl (C=O) groups excluding carboxylic acids is 1. The molecule has 1 aromatic carbocycles. The molecule has 0 saturated carbocycles. The van der Waals surface area contributed by atoms with E-state index in [9.17, 15) is 4.79 Å². The first-order chi connectivity index (χ1) is 6.02. The number of anilines is 1. The van der Waals surface area contributed by atoms with Gasteiger partial charge in [0.25, 0.3) is 0 Å². The standard InChI is InChI=1S/C11H15NO/c1-7-5-6-11(12-10(4)13)9(3)8(7)2/h5-6H,1-4H3,(H,12,13). The molecule has 0 unspecified atom stereocenters. The van der Waals surface area contributed by atoms with Crippen molar-refractivity contribution in [1.29, 1.82) is 0 Å². The van der Waals surface area contributed by atoms with Gasteiger partial charge in [0.05, 0.1) is 0 Å². The smallest absolute Gasteiger partial charge is 0.221 e. The van der Waals surface area contributed by atoms with Gasteiger partial charge in [0.1, 0.15) is 0 Å². The fraction of sp³-hybridized carbons (Fsp3) is 0.364. The lowest BCUT2D eigenvalue weighted by atomic mass is 10.0. The van der Waals surface area contributed by atoms with Gasteiger partial charge in [-0.2, -0.15) is 0 Å². The predicted octanol–water partition coefficient (Wildman–Crippen LogP) is 2.57. The molecule has 1 rings (SSSR count). The Morgan fingerprint density at radius 3 is 2.31 bits per heavy atom. The minimum Gasteiger partial charge on any atom is -0.326 e. The molecule has 1 amide bonds. The summed E-state index contributed by atoms with van der Waals surface area (Å²) < 4.78 is 0.